The number of urea groups is 1. The third-order valence-electron chi connectivity index (χ3n) is 3.85. The molecule has 2 amide bonds. The highest BCUT2D eigenvalue weighted by Crippen LogP contribution is 2.39. The van der Waals surface area contributed by atoms with Crippen molar-refractivity contribution < 1.29 is 4.79 Å². The molecule has 8 heteroatoms. The number of amides is 2. The molecule has 120 valence electrons. The number of halogens is 1. The summed E-state index contributed by atoms with van der Waals surface area (Å²) in [5.74, 6) is 0.909. The Morgan fingerprint density at radius 1 is 1.57 bits per heavy atom. The van der Waals surface area contributed by atoms with Crippen LogP contribution in [0.5, 0.6) is 0 Å². The number of aliphatic imine (C=N–C) groups is 2. The molecule has 1 aromatic heterocycles. The summed E-state index contributed by atoms with van der Waals surface area (Å²) >= 11 is 6.02. The van der Waals surface area contributed by atoms with E-state index in [-0.39, 0.29) is 12.1 Å². The summed E-state index contributed by atoms with van der Waals surface area (Å²) in [4.78, 5) is 28.7. The Hall–Kier alpha value is -2.41. The van der Waals surface area contributed by atoms with Crippen molar-refractivity contribution in [3.8, 4) is 0 Å². The van der Waals surface area contributed by atoms with Gasteiger partial charge >= 0.3 is 6.03 Å². The number of nitrogens with one attached hydrogen (secondary N) is 1. The molecule has 0 saturated carbocycles. The molecule has 1 N–H and O–H groups in total. The Bertz CT molecular complexity index is 701. The van der Waals surface area contributed by atoms with Crippen molar-refractivity contribution in [1.29, 1.82) is 0 Å². The molecule has 1 fully saturated rings. The third kappa shape index (κ3) is 2.92. The zero-order chi connectivity index (χ0) is 16.4. The normalized spacial score (nSPS) is 19.9. The van der Waals surface area contributed by atoms with E-state index >= 15 is 0 Å². The van der Waals surface area contributed by atoms with Gasteiger partial charge in [-0.15, -0.1) is 0 Å². The van der Waals surface area contributed by atoms with Gasteiger partial charge in [-0.2, -0.15) is 0 Å². The van der Waals surface area contributed by atoms with Gasteiger partial charge in [0.15, 0.2) is 11.6 Å². The van der Waals surface area contributed by atoms with Crippen molar-refractivity contribution >= 4 is 42.1 Å². The number of pyridine rings is 1. The quantitative estimate of drug-likeness (QED) is 0.682. The number of nitrogens with zero attached hydrogens (tertiary/aromatic N) is 5. The van der Waals surface area contributed by atoms with Crippen molar-refractivity contribution in [2.45, 2.75) is 19.4 Å². The molecule has 3 rings (SSSR count). The van der Waals surface area contributed by atoms with Crippen LogP contribution >= 0.6 is 11.6 Å². The average Bonchev–Trinajstić information content (AvgIpc) is 2.92. The predicted octanol–water partition coefficient (Wildman–Crippen LogP) is 2.43. The fourth-order valence-electron chi connectivity index (χ4n) is 2.94. The van der Waals surface area contributed by atoms with Gasteiger partial charge < -0.3 is 4.90 Å². The average molecular weight is 333 g/mol. The summed E-state index contributed by atoms with van der Waals surface area (Å²) < 4.78 is 0. The number of hydrogen-bond donors (Lipinski definition) is 1. The molecular weight excluding hydrogens is 316 g/mol. The summed E-state index contributed by atoms with van der Waals surface area (Å²) in [5, 5.41) is 3.11. The van der Waals surface area contributed by atoms with Gasteiger partial charge in [0.2, 0.25) is 0 Å². The molecule has 0 aliphatic carbocycles. The van der Waals surface area contributed by atoms with Crippen LogP contribution in [0.3, 0.4) is 0 Å². The SMILES string of the molecule is C=N/C=C(\N=CC)NC(=O)N1c2nc(Cl)ccc2N2CC[C@H]1C2. The monoisotopic (exact) mass is 332 g/mol. The first-order valence-corrected chi connectivity index (χ1v) is 7.68. The number of carbonyl (C=O) groups excluding carboxylic acids is 1. The van der Waals surface area contributed by atoms with Gasteiger partial charge in [-0.05, 0) is 32.2 Å². The van der Waals surface area contributed by atoms with Gasteiger partial charge in [-0.1, -0.05) is 11.6 Å². The van der Waals surface area contributed by atoms with Crippen LogP contribution in [0.25, 0.3) is 0 Å². The molecule has 0 spiro atoms. The highest BCUT2D eigenvalue weighted by atomic mass is 35.5. The van der Waals surface area contributed by atoms with Crippen LogP contribution in [0.4, 0.5) is 16.3 Å². The maximum atomic E-state index is 12.8. The lowest BCUT2D eigenvalue weighted by Crippen LogP contribution is -2.50. The molecule has 2 aliphatic rings. The van der Waals surface area contributed by atoms with Gasteiger partial charge in [-0.3, -0.25) is 15.2 Å². The van der Waals surface area contributed by atoms with Gasteiger partial charge in [0, 0.05) is 19.3 Å². The Morgan fingerprint density at radius 3 is 3.13 bits per heavy atom. The number of hydrogen-bond acceptors (Lipinski definition) is 5. The minimum Gasteiger partial charge on any atom is -0.366 e. The maximum Gasteiger partial charge on any atom is 0.329 e. The fraction of sp³-hybridized carbons (Fsp3) is 0.333. The zero-order valence-corrected chi connectivity index (χ0v) is 13.5. The number of anilines is 2. The zero-order valence-electron chi connectivity index (χ0n) is 12.7. The van der Waals surface area contributed by atoms with E-state index in [4.69, 9.17) is 11.6 Å². The Morgan fingerprint density at radius 2 is 2.39 bits per heavy atom. The second kappa shape index (κ2) is 6.37. The molecule has 0 aromatic carbocycles. The lowest BCUT2D eigenvalue weighted by atomic mass is 10.2. The number of carbonyl (C=O) groups is 1. The summed E-state index contributed by atoms with van der Waals surface area (Å²) in [6.07, 6.45) is 3.86. The van der Waals surface area contributed by atoms with Gasteiger partial charge in [0.05, 0.1) is 17.9 Å². The van der Waals surface area contributed by atoms with Crippen LogP contribution in [0.1, 0.15) is 13.3 Å². The van der Waals surface area contributed by atoms with Crippen LogP contribution in [-0.4, -0.2) is 43.1 Å². The summed E-state index contributed by atoms with van der Waals surface area (Å²) in [5.41, 5.74) is 0.921. The van der Waals surface area contributed by atoms with E-state index in [2.05, 4.69) is 31.9 Å². The minimum atomic E-state index is -0.298. The highest BCUT2D eigenvalue weighted by molar-refractivity contribution is 6.29. The van der Waals surface area contributed by atoms with E-state index in [1.807, 2.05) is 6.07 Å². The van der Waals surface area contributed by atoms with Gasteiger partial charge in [0.25, 0.3) is 0 Å². The first-order valence-electron chi connectivity index (χ1n) is 7.30. The Labute approximate surface area is 139 Å². The number of rotatable bonds is 3. The van der Waals surface area contributed by atoms with E-state index in [0.29, 0.717) is 16.8 Å². The van der Waals surface area contributed by atoms with Crippen LogP contribution < -0.4 is 15.1 Å². The van der Waals surface area contributed by atoms with Crippen molar-refractivity contribution in [1.82, 2.24) is 10.3 Å². The molecule has 0 radical (unpaired) electrons. The van der Waals surface area contributed by atoms with Crippen molar-refractivity contribution in [3.63, 3.8) is 0 Å². The van der Waals surface area contributed by atoms with Crippen molar-refractivity contribution in [2.75, 3.05) is 22.9 Å². The first-order chi connectivity index (χ1) is 11.1. The fourth-order valence-corrected chi connectivity index (χ4v) is 3.08. The second-order valence-corrected chi connectivity index (χ2v) is 5.64. The third-order valence-corrected chi connectivity index (χ3v) is 4.06. The van der Waals surface area contributed by atoms with Gasteiger partial charge in [-0.25, -0.2) is 14.8 Å². The lowest BCUT2D eigenvalue weighted by Gasteiger charge is -2.35. The first kappa shape index (κ1) is 15.5. The van der Waals surface area contributed by atoms with Gasteiger partial charge in [0.1, 0.15) is 5.15 Å². The molecule has 3 heterocycles. The molecule has 1 aromatic rings. The van der Waals surface area contributed by atoms with E-state index < -0.39 is 0 Å². The molecule has 1 saturated heterocycles. The molecule has 0 unspecified atom stereocenters. The lowest BCUT2D eigenvalue weighted by molar-refractivity contribution is 0.246. The topological polar surface area (TPSA) is 73.2 Å². The standard InChI is InChI=1S/C15H17ClN6O/c1-3-18-13(8-17-2)20-15(23)22-10-6-7-21(9-10)11-4-5-12(16)19-14(11)22/h3-5,8,10H,2,6-7,9H2,1H3,(H,20,23)/b13-8+,18-3?/t10-/m0/s1. The van der Waals surface area contributed by atoms with Crippen molar-refractivity contribution in [3.05, 3.63) is 29.3 Å². The summed E-state index contributed by atoms with van der Waals surface area (Å²) in [7, 11) is 0. The molecule has 7 nitrogen and oxygen atoms in total. The molecular formula is C15H17ClN6O. The van der Waals surface area contributed by atoms with Crippen LogP contribution in [-0.2, 0) is 0 Å². The Balaban J connectivity index is 1.93. The van der Waals surface area contributed by atoms with E-state index in [0.717, 1.165) is 25.2 Å². The molecule has 2 bridgehead atoms. The largest absolute Gasteiger partial charge is 0.366 e. The second-order valence-electron chi connectivity index (χ2n) is 5.25. The number of aromatic nitrogens is 1. The van der Waals surface area contributed by atoms with Crippen LogP contribution in [0, 0.1) is 0 Å². The highest BCUT2D eigenvalue weighted by Gasteiger charge is 2.40. The van der Waals surface area contributed by atoms with Crippen LogP contribution in [0.15, 0.2) is 34.1 Å². The molecule has 23 heavy (non-hydrogen) atoms. The van der Waals surface area contributed by atoms with E-state index in [9.17, 15) is 4.79 Å². The Kier molecular flexibility index (Phi) is 4.29. The summed E-state index contributed by atoms with van der Waals surface area (Å²) in [6.45, 7) is 6.83. The van der Waals surface area contributed by atoms with Crippen LogP contribution in [0.2, 0.25) is 5.15 Å². The maximum absolute atomic E-state index is 12.8. The minimum absolute atomic E-state index is 0.0667. The molecule has 2 aliphatic heterocycles. The van der Waals surface area contributed by atoms with E-state index in [1.54, 1.807) is 24.1 Å². The van der Waals surface area contributed by atoms with Crippen molar-refractivity contribution in [2.24, 2.45) is 9.98 Å². The smallest absolute Gasteiger partial charge is 0.329 e. The van der Waals surface area contributed by atoms with E-state index in [1.165, 1.54) is 6.20 Å². The summed E-state index contributed by atoms with van der Waals surface area (Å²) in [6, 6.07) is 3.41. The number of fused-ring (bicyclic) bond motifs is 4. The molecule has 1 atom stereocenters. The predicted molar refractivity (Wildman–Crippen MR) is 92.7 cm³/mol.